The van der Waals surface area contributed by atoms with Crippen LogP contribution in [0.2, 0.25) is 0 Å². The van der Waals surface area contributed by atoms with Crippen molar-refractivity contribution in [3.05, 3.63) is 33.8 Å². The fraction of sp³-hybridized carbons (Fsp3) is 0.600. The first-order valence-electron chi connectivity index (χ1n) is 9.26. The molecule has 2 aliphatic carbocycles. The molecule has 6 heteroatoms. The number of aldehydes is 1. The van der Waals surface area contributed by atoms with Crippen molar-refractivity contribution in [3.63, 3.8) is 0 Å². The molecule has 1 saturated carbocycles. The molecular formula is C20H28BrN3O2. The van der Waals surface area contributed by atoms with Gasteiger partial charge in [-0.25, -0.2) is 4.99 Å². The fourth-order valence-electron chi connectivity index (χ4n) is 4.60. The summed E-state index contributed by atoms with van der Waals surface area (Å²) in [6.07, 6.45) is 5.86. The first kappa shape index (κ1) is 19.4. The zero-order valence-corrected chi connectivity index (χ0v) is 17.4. The number of guanidine groups is 1. The number of hydrogen-bond donors (Lipinski definition) is 1. The Morgan fingerprint density at radius 3 is 2.73 bits per heavy atom. The summed E-state index contributed by atoms with van der Waals surface area (Å²) in [5, 5.41) is 0. The highest BCUT2D eigenvalue weighted by atomic mass is 79.9. The monoisotopic (exact) mass is 421 g/mol. The minimum Gasteiger partial charge on any atom is -0.381 e. The SMILES string of the molecule is CCN(C)C(N)=NC1(C=O)c2cc(Br)ccc2CC12CCC(OC)CC2. The van der Waals surface area contributed by atoms with Gasteiger partial charge in [-0.2, -0.15) is 0 Å². The zero-order chi connectivity index (χ0) is 18.9. The number of carbonyl (C=O) groups is 1. The summed E-state index contributed by atoms with van der Waals surface area (Å²) in [4.78, 5) is 19.4. The zero-order valence-electron chi connectivity index (χ0n) is 15.8. The van der Waals surface area contributed by atoms with Gasteiger partial charge in [0.1, 0.15) is 0 Å². The standard InChI is InChI=1S/C20H28BrN3O2/c1-4-24(2)18(22)23-20(13-25)17-11-15(21)6-5-14(17)12-19(20)9-7-16(26-3)8-10-19/h5-6,11,13,16H,4,7-10,12H2,1-3H3,(H2,22,23). The normalized spacial score (nSPS) is 31.1. The lowest BCUT2D eigenvalue weighted by atomic mass is 9.62. The summed E-state index contributed by atoms with van der Waals surface area (Å²) < 4.78 is 6.52. The van der Waals surface area contributed by atoms with E-state index in [0.717, 1.165) is 55.0 Å². The van der Waals surface area contributed by atoms with E-state index in [2.05, 4.69) is 22.0 Å². The molecule has 0 aromatic heterocycles. The van der Waals surface area contributed by atoms with E-state index in [4.69, 9.17) is 15.5 Å². The number of ether oxygens (including phenoxy) is 1. The van der Waals surface area contributed by atoms with Crippen LogP contribution in [0.5, 0.6) is 0 Å². The van der Waals surface area contributed by atoms with Crippen LogP contribution in [0.25, 0.3) is 0 Å². The molecule has 142 valence electrons. The third-order valence-electron chi connectivity index (χ3n) is 6.37. The number of nitrogens with two attached hydrogens (primary N) is 1. The van der Waals surface area contributed by atoms with Gasteiger partial charge in [-0.1, -0.05) is 22.0 Å². The number of benzene rings is 1. The second-order valence-electron chi connectivity index (χ2n) is 7.56. The molecule has 0 saturated heterocycles. The molecule has 2 aliphatic rings. The van der Waals surface area contributed by atoms with Crippen molar-refractivity contribution in [3.8, 4) is 0 Å². The van der Waals surface area contributed by atoms with Gasteiger partial charge in [0.25, 0.3) is 0 Å². The Balaban J connectivity index is 2.14. The number of halogens is 1. The molecule has 26 heavy (non-hydrogen) atoms. The smallest absolute Gasteiger partial charge is 0.192 e. The third kappa shape index (κ3) is 2.97. The van der Waals surface area contributed by atoms with Gasteiger partial charge in [-0.3, -0.25) is 0 Å². The van der Waals surface area contributed by atoms with Crippen molar-refractivity contribution in [2.75, 3.05) is 20.7 Å². The topological polar surface area (TPSA) is 67.9 Å². The van der Waals surface area contributed by atoms with E-state index in [1.54, 1.807) is 7.11 Å². The molecule has 0 amide bonds. The third-order valence-corrected chi connectivity index (χ3v) is 6.86. The summed E-state index contributed by atoms with van der Waals surface area (Å²) in [6.45, 7) is 2.77. The second kappa shape index (κ2) is 7.31. The van der Waals surface area contributed by atoms with Crippen LogP contribution in [0.4, 0.5) is 0 Å². The molecule has 0 heterocycles. The molecule has 1 unspecified atom stereocenters. The van der Waals surface area contributed by atoms with Crippen LogP contribution in [0.15, 0.2) is 27.7 Å². The van der Waals surface area contributed by atoms with E-state index >= 15 is 0 Å². The number of rotatable bonds is 4. The molecule has 3 rings (SSSR count). The average Bonchev–Trinajstić information content (AvgIpc) is 2.91. The number of carbonyl (C=O) groups excluding carboxylic acids is 1. The Kier molecular flexibility index (Phi) is 5.45. The van der Waals surface area contributed by atoms with Gasteiger partial charge in [-0.05, 0) is 62.3 Å². The Labute approximate surface area is 164 Å². The van der Waals surface area contributed by atoms with Gasteiger partial charge in [0.15, 0.2) is 17.8 Å². The highest BCUT2D eigenvalue weighted by molar-refractivity contribution is 9.10. The van der Waals surface area contributed by atoms with Gasteiger partial charge in [0.05, 0.1) is 6.10 Å². The maximum absolute atomic E-state index is 12.6. The molecule has 0 radical (unpaired) electrons. The van der Waals surface area contributed by atoms with E-state index in [-0.39, 0.29) is 11.5 Å². The number of aliphatic imine (C=N–C) groups is 1. The number of nitrogens with zero attached hydrogens (tertiary/aromatic N) is 2. The lowest BCUT2D eigenvalue weighted by molar-refractivity contribution is -0.118. The maximum Gasteiger partial charge on any atom is 0.192 e. The summed E-state index contributed by atoms with van der Waals surface area (Å²) in [5.41, 5.74) is 7.32. The molecule has 1 aromatic carbocycles. The van der Waals surface area contributed by atoms with E-state index in [1.165, 1.54) is 5.56 Å². The van der Waals surface area contributed by atoms with Crippen molar-refractivity contribution in [1.82, 2.24) is 4.90 Å². The van der Waals surface area contributed by atoms with Crippen molar-refractivity contribution in [2.45, 2.75) is 50.7 Å². The van der Waals surface area contributed by atoms with Gasteiger partial charge in [-0.15, -0.1) is 0 Å². The Morgan fingerprint density at radius 1 is 1.46 bits per heavy atom. The minimum atomic E-state index is -0.932. The highest BCUT2D eigenvalue weighted by Gasteiger charge is 2.59. The summed E-state index contributed by atoms with van der Waals surface area (Å²) >= 11 is 3.56. The number of fused-ring (bicyclic) bond motifs is 1. The summed E-state index contributed by atoms with van der Waals surface area (Å²) in [6, 6.07) is 6.20. The van der Waals surface area contributed by atoms with E-state index < -0.39 is 5.54 Å². The molecular weight excluding hydrogens is 394 g/mol. The summed E-state index contributed by atoms with van der Waals surface area (Å²) in [7, 11) is 3.67. The average molecular weight is 422 g/mol. The van der Waals surface area contributed by atoms with Crippen molar-refractivity contribution in [2.24, 2.45) is 16.1 Å². The van der Waals surface area contributed by atoms with Gasteiger partial charge in [0, 0.05) is 30.6 Å². The second-order valence-corrected chi connectivity index (χ2v) is 8.48. The van der Waals surface area contributed by atoms with Crippen LogP contribution in [0.1, 0.15) is 43.7 Å². The highest BCUT2D eigenvalue weighted by Crippen LogP contribution is 2.59. The Bertz CT molecular complexity index is 713. The van der Waals surface area contributed by atoms with Gasteiger partial charge >= 0.3 is 0 Å². The Hall–Kier alpha value is -1.40. The molecule has 5 nitrogen and oxygen atoms in total. The van der Waals surface area contributed by atoms with Crippen LogP contribution < -0.4 is 5.73 Å². The minimum absolute atomic E-state index is 0.230. The van der Waals surface area contributed by atoms with Crippen LogP contribution in [-0.4, -0.2) is 44.0 Å². The van der Waals surface area contributed by atoms with E-state index in [0.29, 0.717) is 5.96 Å². The lowest BCUT2D eigenvalue weighted by Crippen LogP contribution is -2.48. The van der Waals surface area contributed by atoms with Crippen molar-refractivity contribution < 1.29 is 9.53 Å². The van der Waals surface area contributed by atoms with Crippen LogP contribution in [0, 0.1) is 5.41 Å². The van der Waals surface area contributed by atoms with E-state index in [1.807, 2.05) is 31.0 Å². The van der Waals surface area contributed by atoms with Gasteiger partial charge < -0.3 is 20.2 Å². The molecule has 1 atom stereocenters. The first-order chi connectivity index (χ1) is 12.4. The molecule has 1 spiro atoms. The first-order valence-corrected chi connectivity index (χ1v) is 10.0. The van der Waals surface area contributed by atoms with Crippen LogP contribution in [0.3, 0.4) is 0 Å². The summed E-state index contributed by atoms with van der Waals surface area (Å²) in [5.74, 6) is 0.417. The van der Waals surface area contributed by atoms with E-state index in [9.17, 15) is 4.79 Å². The molecule has 2 N–H and O–H groups in total. The lowest BCUT2D eigenvalue weighted by Gasteiger charge is -2.45. The molecule has 1 fully saturated rings. The molecule has 0 bridgehead atoms. The fourth-order valence-corrected chi connectivity index (χ4v) is 4.96. The predicted molar refractivity (Wildman–Crippen MR) is 107 cm³/mol. The number of hydrogen-bond acceptors (Lipinski definition) is 3. The predicted octanol–water partition coefficient (Wildman–Crippen LogP) is 3.24. The van der Waals surface area contributed by atoms with Crippen LogP contribution >= 0.6 is 15.9 Å². The van der Waals surface area contributed by atoms with Crippen molar-refractivity contribution in [1.29, 1.82) is 0 Å². The largest absolute Gasteiger partial charge is 0.381 e. The van der Waals surface area contributed by atoms with Gasteiger partial charge in [0.2, 0.25) is 0 Å². The number of methoxy groups -OCH3 is 1. The maximum atomic E-state index is 12.6. The quantitative estimate of drug-likeness (QED) is 0.460. The molecule has 0 aliphatic heterocycles. The van der Waals surface area contributed by atoms with Crippen LogP contribution in [-0.2, 0) is 21.5 Å². The Morgan fingerprint density at radius 2 is 2.15 bits per heavy atom. The molecule has 1 aromatic rings. The van der Waals surface area contributed by atoms with Crippen molar-refractivity contribution >= 4 is 28.2 Å².